The number of anilines is 1. The lowest BCUT2D eigenvalue weighted by molar-refractivity contribution is 0.0577. The smallest absolute Gasteiger partial charge is 0.415 e. The van der Waals surface area contributed by atoms with E-state index in [1.807, 2.05) is 52.0 Å². The molecule has 0 aliphatic carbocycles. The molecule has 0 aromatic heterocycles. The average molecular weight is 315 g/mol. The number of carbonyl (C=O) groups is 1. The summed E-state index contributed by atoms with van der Waals surface area (Å²) >= 11 is 0. The van der Waals surface area contributed by atoms with Crippen LogP contribution in [0.25, 0.3) is 0 Å². The zero-order chi connectivity index (χ0) is 17.0. The lowest BCUT2D eigenvalue weighted by atomic mass is 10.1. The van der Waals surface area contributed by atoms with Gasteiger partial charge in [0.05, 0.1) is 6.54 Å². The highest BCUT2D eigenvalue weighted by Crippen LogP contribution is 2.21. The molecule has 0 spiro atoms. The first-order chi connectivity index (χ1) is 10.7. The highest BCUT2D eigenvalue weighted by molar-refractivity contribution is 5.87. The highest BCUT2D eigenvalue weighted by Gasteiger charge is 2.23. The van der Waals surface area contributed by atoms with Crippen LogP contribution in [0.1, 0.15) is 31.9 Å². The Bertz CT molecular complexity index is 657. The number of amides is 1. The van der Waals surface area contributed by atoms with Crippen LogP contribution in [0.3, 0.4) is 0 Å². The van der Waals surface area contributed by atoms with Crippen LogP contribution in [0.15, 0.2) is 48.5 Å². The third kappa shape index (κ3) is 5.09. The summed E-state index contributed by atoms with van der Waals surface area (Å²) in [5.74, 6) is -0.340. The summed E-state index contributed by atoms with van der Waals surface area (Å²) < 4.78 is 18.6. The van der Waals surface area contributed by atoms with Gasteiger partial charge in [-0.2, -0.15) is 0 Å². The fraction of sp³-hybridized carbons (Fsp3) is 0.316. The predicted octanol–water partition coefficient (Wildman–Crippen LogP) is 5.08. The third-order valence-corrected chi connectivity index (χ3v) is 3.21. The summed E-state index contributed by atoms with van der Waals surface area (Å²) in [5.41, 5.74) is 2.13. The molecule has 2 aromatic rings. The van der Waals surface area contributed by atoms with E-state index in [0.717, 1.165) is 11.1 Å². The Hall–Kier alpha value is -2.36. The van der Waals surface area contributed by atoms with Crippen LogP contribution in [-0.2, 0) is 11.3 Å². The molecule has 4 heteroatoms. The van der Waals surface area contributed by atoms with E-state index < -0.39 is 11.7 Å². The normalized spacial score (nSPS) is 11.2. The quantitative estimate of drug-likeness (QED) is 0.791. The Morgan fingerprint density at radius 3 is 2.13 bits per heavy atom. The standard InChI is InChI=1S/C19H22FNO2/c1-14-5-7-15(8-6-14)13-21(18(22)23-19(2,3)4)17-11-9-16(20)10-12-17/h5-12H,13H2,1-4H3. The molecule has 122 valence electrons. The van der Waals surface area contributed by atoms with E-state index >= 15 is 0 Å². The molecule has 0 radical (unpaired) electrons. The zero-order valence-corrected chi connectivity index (χ0v) is 14.0. The Morgan fingerprint density at radius 2 is 1.61 bits per heavy atom. The molecule has 3 nitrogen and oxygen atoms in total. The minimum absolute atomic E-state index is 0.340. The number of hydrogen-bond donors (Lipinski definition) is 0. The van der Waals surface area contributed by atoms with Gasteiger partial charge in [0.2, 0.25) is 0 Å². The van der Waals surface area contributed by atoms with E-state index in [4.69, 9.17) is 4.74 Å². The number of nitrogens with zero attached hydrogens (tertiary/aromatic N) is 1. The zero-order valence-electron chi connectivity index (χ0n) is 14.0. The van der Waals surface area contributed by atoms with Crippen molar-refractivity contribution in [3.63, 3.8) is 0 Å². The second-order valence-electron chi connectivity index (χ2n) is 6.53. The molecule has 0 aliphatic rings. The van der Waals surface area contributed by atoms with Crippen molar-refractivity contribution in [1.82, 2.24) is 0 Å². The van der Waals surface area contributed by atoms with Crippen LogP contribution in [0.4, 0.5) is 14.9 Å². The van der Waals surface area contributed by atoms with Crippen molar-refractivity contribution in [1.29, 1.82) is 0 Å². The number of aryl methyl sites for hydroxylation is 1. The monoisotopic (exact) mass is 315 g/mol. The summed E-state index contributed by atoms with van der Waals surface area (Å²) in [6.45, 7) is 7.83. The Balaban J connectivity index is 2.28. The Morgan fingerprint density at radius 1 is 1.04 bits per heavy atom. The molecule has 0 unspecified atom stereocenters. The van der Waals surface area contributed by atoms with E-state index in [0.29, 0.717) is 12.2 Å². The number of benzene rings is 2. The first-order valence-corrected chi connectivity index (χ1v) is 7.56. The Kier molecular flexibility index (Phi) is 5.04. The van der Waals surface area contributed by atoms with Crippen LogP contribution in [-0.4, -0.2) is 11.7 Å². The van der Waals surface area contributed by atoms with Crippen molar-refractivity contribution < 1.29 is 13.9 Å². The first-order valence-electron chi connectivity index (χ1n) is 7.56. The van der Waals surface area contributed by atoms with Crippen LogP contribution in [0, 0.1) is 12.7 Å². The minimum Gasteiger partial charge on any atom is -0.443 e. The van der Waals surface area contributed by atoms with E-state index in [1.54, 1.807) is 12.1 Å². The largest absolute Gasteiger partial charge is 0.443 e. The minimum atomic E-state index is -0.595. The van der Waals surface area contributed by atoms with Crippen molar-refractivity contribution in [2.45, 2.75) is 39.8 Å². The lowest BCUT2D eigenvalue weighted by Gasteiger charge is -2.27. The molecule has 2 aromatic carbocycles. The molecule has 0 atom stereocenters. The topological polar surface area (TPSA) is 29.5 Å². The number of rotatable bonds is 3. The average Bonchev–Trinajstić information content (AvgIpc) is 2.46. The maximum atomic E-state index is 13.2. The number of halogens is 1. The van der Waals surface area contributed by atoms with Gasteiger partial charge in [0.1, 0.15) is 11.4 Å². The van der Waals surface area contributed by atoms with Gasteiger partial charge in [-0.3, -0.25) is 4.90 Å². The maximum absolute atomic E-state index is 13.2. The van der Waals surface area contributed by atoms with Crippen molar-refractivity contribution in [3.8, 4) is 0 Å². The molecule has 23 heavy (non-hydrogen) atoms. The van der Waals surface area contributed by atoms with Crippen molar-refractivity contribution in [2.24, 2.45) is 0 Å². The van der Waals surface area contributed by atoms with Gasteiger partial charge in [0, 0.05) is 5.69 Å². The second kappa shape index (κ2) is 6.82. The van der Waals surface area contributed by atoms with Gasteiger partial charge in [0.25, 0.3) is 0 Å². The fourth-order valence-electron chi connectivity index (χ4n) is 2.08. The molecule has 0 aliphatic heterocycles. The molecule has 1 amide bonds. The van der Waals surface area contributed by atoms with Gasteiger partial charge in [-0.05, 0) is 57.5 Å². The van der Waals surface area contributed by atoms with Crippen LogP contribution in [0.5, 0.6) is 0 Å². The molecular formula is C19H22FNO2. The fourth-order valence-corrected chi connectivity index (χ4v) is 2.08. The van der Waals surface area contributed by atoms with E-state index in [1.165, 1.54) is 17.0 Å². The SMILES string of the molecule is Cc1ccc(CN(C(=O)OC(C)(C)C)c2ccc(F)cc2)cc1. The number of carbonyl (C=O) groups excluding carboxylic acids is 1. The molecule has 0 N–H and O–H groups in total. The predicted molar refractivity (Wildman–Crippen MR) is 90.0 cm³/mol. The molecule has 0 saturated carbocycles. The summed E-state index contributed by atoms with van der Waals surface area (Å²) in [7, 11) is 0. The van der Waals surface area contributed by atoms with Crippen LogP contribution in [0.2, 0.25) is 0 Å². The summed E-state index contributed by atoms with van der Waals surface area (Å²) in [6, 6.07) is 13.7. The third-order valence-electron chi connectivity index (χ3n) is 3.21. The molecule has 0 fully saturated rings. The van der Waals surface area contributed by atoms with Gasteiger partial charge in [0.15, 0.2) is 0 Å². The van der Waals surface area contributed by atoms with Crippen molar-refractivity contribution in [3.05, 3.63) is 65.5 Å². The molecule has 2 rings (SSSR count). The summed E-state index contributed by atoms with van der Waals surface area (Å²) in [5, 5.41) is 0. The Labute approximate surface area is 136 Å². The van der Waals surface area contributed by atoms with Gasteiger partial charge >= 0.3 is 6.09 Å². The van der Waals surface area contributed by atoms with E-state index in [2.05, 4.69) is 0 Å². The van der Waals surface area contributed by atoms with Gasteiger partial charge in [-0.1, -0.05) is 29.8 Å². The number of ether oxygens (including phenoxy) is 1. The van der Waals surface area contributed by atoms with E-state index in [-0.39, 0.29) is 5.82 Å². The molecule has 0 heterocycles. The van der Waals surface area contributed by atoms with Crippen molar-refractivity contribution >= 4 is 11.8 Å². The van der Waals surface area contributed by atoms with Gasteiger partial charge < -0.3 is 4.74 Å². The van der Waals surface area contributed by atoms with Crippen LogP contribution < -0.4 is 4.90 Å². The summed E-state index contributed by atoms with van der Waals surface area (Å²) in [4.78, 5) is 14.0. The van der Waals surface area contributed by atoms with Gasteiger partial charge in [-0.15, -0.1) is 0 Å². The second-order valence-corrected chi connectivity index (χ2v) is 6.53. The molecule has 0 saturated heterocycles. The van der Waals surface area contributed by atoms with Crippen LogP contribution >= 0.6 is 0 Å². The molecular weight excluding hydrogens is 293 g/mol. The maximum Gasteiger partial charge on any atom is 0.415 e. The van der Waals surface area contributed by atoms with E-state index in [9.17, 15) is 9.18 Å². The lowest BCUT2D eigenvalue weighted by Crippen LogP contribution is -2.36. The van der Waals surface area contributed by atoms with Crippen molar-refractivity contribution in [2.75, 3.05) is 4.90 Å². The number of hydrogen-bond acceptors (Lipinski definition) is 2. The van der Waals surface area contributed by atoms with Gasteiger partial charge in [-0.25, -0.2) is 9.18 Å². The first kappa shape index (κ1) is 17.0. The summed E-state index contributed by atoms with van der Waals surface area (Å²) in [6.07, 6.45) is -0.454. The molecule has 0 bridgehead atoms. The highest BCUT2D eigenvalue weighted by atomic mass is 19.1.